The number of hydrogen-bond donors (Lipinski definition) is 5. The first-order chi connectivity index (χ1) is 17.9. The minimum Gasteiger partial charge on any atom is -0.390 e. The van der Waals surface area contributed by atoms with Gasteiger partial charge in [0.2, 0.25) is 12.1 Å². The Labute approximate surface area is 218 Å². The minimum absolute atomic E-state index is 0.179. The van der Waals surface area contributed by atoms with Gasteiger partial charge >= 0.3 is 0 Å². The maximum absolute atomic E-state index is 11.0. The van der Waals surface area contributed by atoms with Crippen LogP contribution in [0, 0.1) is 0 Å². The third-order valence-electron chi connectivity index (χ3n) is 7.65. The number of fused-ring (bicyclic) bond motifs is 2. The molecule has 37 heavy (non-hydrogen) atoms. The van der Waals surface area contributed by atoms with E-state index >= 15 is 0 Å². The Bertz CT molecular complexity index is 1010. The van der Waals surface area contributed by atoms with Crippen LogP contribution in [0.15, 0.2) is 54.6 Å². The molecule has 5 rings (SSSR count). The van der Waals surface area contributed by atoms with Crippen molar-refractivity contribution in [1.29, 1.82) is 0 Å². The van der Waals surface area contributed by atoms with Crippen LogP contribution in [0.25, 0.3) is 0 Å². The van der Waals surface area contributed by atoms with Gasteiger partial charge in [-0.25, -0.2) is 0 Å². The van der Waals surface area contributed by atoms with Crippen molar-refractivity contribution < 1.29 is 29.2 Å². The third kappa shape index (κ3) is 5.47. The number of aliphatic hydroxyl groups is 2. The zero-order chi connectivity index (χ0) is 26.0. The van der Waals surface area contributed by atoms with Crippen molar-refractivity contribution >= 4 is 0 Å². The summed E-state index contributed by atoms with van der Waals surface area (Å²) in [6, 6.07) is 17.9. The number of benzene rings is 2. The van der Waals surface area contributed by atoms with Crippen molar-refractivity contribution in [3.8, 4) is 0 Å². The normalized spacial score (nSPS) is 37.5. The number of aliphatic hydroxyl groups excluding tert-OH is 2. The molecular weight excluding hydrogens is 474 g/mol. The molecule has 2 aromatic carbocycles. The summed E-state index contributed by atoms with van der Waals surface area (Å²) in [5, 5.41) is 31.4. The Kier molecular flexibility index (Phi) is 8.25. The van der Waals surface area contributed by atoms with Crippen molar-refractivity contribution in [3.05, 3.63) is 71.3 Å². The molecule has 0 bridgehead atoms. The molecule has 5 N–H and O–H groups in total. The highest BCUT2D eigenvalue weighted by atomic mass is 16.8. The first-order valence-electron chi connectivity index (χ1n) is 13.1. The van der Waals surface area contributed by atoms with Crippen molar-refractivity contribution in [3.63, 3.8) is 0 Å². The molecular formula is C28H39N3O6. The molecule has 3 fully saturated rings. The number of hydrogen-bond acceptors (Lipinski definition) is 9. The van der Waals surface area contributed by atoms with Crippen LogP contribution in [0.4, 0.5) is 0 Å². The van der Waals surface area contributed by atoms with E-state index in [0.717, 1.165) is 12.0 Å². The SMILES string of the molecule is CNC1C(O)C(NC)C2OC3(CNCc4ccc(Cc5ccccc5)cc4)OCC(C)OC3OC2C1O. The summed E-state index contributed by atoms with van der Waals surface area (Å²) in [5.41, 5.74) is 3.68. The lowest BCUT2D eigenvalue weighted by Crippen LogP contribution is -2.78. The predicted octanol–water partition coefficient (Wildman–Crippen LogP) is 0.520. The Morgan fingerprint density at radius 2 is 1.51 bits per heavy atom. The second-order valence-electron chi connectivity index (χ2n) is 10.3. The van der Waals surface area contributed by atoms with E-state index < -0.39 is 48.6 Å². The van der Waals surface area contributed by atoms with Crippen LogP contribution < -0.4 is 16.0 Å². The van der Waals surface area contributed by atoms with Crippen molar-refractivity contribution in [2.45, 2.75) is 74.6 Å². The van der Waals surface area contributed by atoms with Crippen LogP contribution >= 0.6 is 0 Å². The second kappa shape index (κ2) is 11.4. The van der Waals surface area contributed by atoms with Crippen LogP contribution in [-0.4, -0.2) is 92.1 Å². The molecule has 0 spiro atoms. The lowest BCUT2D eigenvalue weighted by Gasteiger charge is -2.57. The highest BCUT2D eigenvalue weighted by Gasteiger charge is 2.61. The van der Waals surface area contributed by atoms with Crippen LogP contribution in [0.3, 0.4) is 0 Å². The Morgan fingerprint density at radius 3 is 2.22 bits per heavy atom. The summed E-state index contributed by atoms with van der Waals surface area (Å²) in [5.74, 6) is -1.21. The average Bonchev–Trinajstić information content (AvgIpc) is 2.90. The van der Waals surface area contributed by atoms with Gasteiger partial charge < -0.3 is 45.1 Å². The highest BCUT2D eigenvalue weighted by molar-refractivity contribution is 5.28. The maximum Gasteiger partial charge on any atom is 0.234 e. The van der Waals surface area contributed by atoms with Crippen molar-refractivity contribution in [1.82, 2.24) is 16.0 Å². The largest absolute Gasteiger partial charge is 0.390 e. The van der Waals surface area contributed by atoms with E-state index in [1.54, 1.807) is 14.1 Å². The summed E-state index contributed by atoms with van der Waals surface area (Å²) >= 11 is 0. The number of likely N-dealkylation sites (N-methyl/N-ethyl adjacent to an activating group) is 2. The van der Waals surface area contributed by atoms with Gasteiger partial charge in [-0.1, -0.05) is 54.6 Å². The molecule has 9 unspecified atom stereocenters. The zero-order valence-corrected chi connectivity index (χ0v) is 21.7. The molecule has 9 atom stereocenters. The lowest BCUT2D eigenvalue weighted by molar-refractivity contribution is -0.460. The van der Waals surface area contributed by atoms with Crippen LogP contribution in [0.2, 0.25) is 0 Å². The van der Waals surface area contributed by atoms with Crippen LogP contribution in [0.5, 0.6) is 0 Å². The van der Waals surface area contributed by atoms with Crippen molar-refractivity contribution in [2.24, 2.45) is 0 Å². The summed E-state index contributed by atoms with van der Waals surface area (Å²) in [6.45, 7) is 3.19. The number of nitrogens with one attached hydrogen (secondary N) is 3. The molecule has 9 heteroatoms. The van der Waals surface area contributed by atoms with E-state index in [2.05, 4.69) is 64.5 Å². The topological polar surface area (TPSA) is 113 Å². The first kappa shape index (κ1) is 26.7. The van der Waals surface area contributed by atoms with E-state index in [1.807, 2.05) is 13.0 Å². The summed E-state index contributed by atoms with van der Waals surface area (Å²) < 4.78 is 25.2. The molecule has 2 aromatic rings. The minimum atomic E-state index is -1.21. The molecule has 1 aliphatic carbocycles. The summed E-state index contributed by atoms with van der Waals surface area (Å²) in [4.78, 5) is 0. The van der Waals surface area contributed by atoms with Gasteiger partial charge in [0.15, 0.2) is 0 Å². The molecule has 202 valence electrons. The van der Waals surface area contributed by atoms with Crippen LogP contribution in [0.1, 0.15) is 23.6 Å². The van der Waals surface area contributed by atoms with Gasteiger partial charge in [-0.15, -0.1) is 0 Å². The maximum atomic E-state index is 11.0. The van der Waals surface area contributed by atoms with Gasteiger partial charge in [0.05, 0.1) is 37.4 Å². The van der Waals surface area contributed by atoms with Gasteiger partial charge in [-0.3, -0.25) is 0 Å². The van der Waals surface area contributed by atoms with Gasteiger partial charge in [0, 0.05) is 6.54 Å². The van der Waals surface area contributed by atoms with E-state index in [0.29, 0.717) is 19.7 Å². The van der Waals surface area contributed by atoms with Gasteiger partial charge in [0.1, 0.15) is 18.3 Å². The molecule has 0 radical (unpaired) electrons. The molecule has 1 saturated carbocycles. The average molecular weight is 514 g/mol. The predicted molar refractivity (Wildman–Crippen MR) is 138 cm³/mol. The van der Waals surface area contributed by atoms with E-state index in [-0.39, 0.29) is 6.10 Å². The molecule has 3 aliphatic rings. The first-order valence-corrected chi connectivity index (χ1v) is 13.1. The standard InChI is InChI=1S/C28H39N3O6/c1-17-15-34-28(16-31-14-20-11-9-19(10-12-20)13-18-7-5-4-6-8-18)27(35-17)36-26-24(33)21(29-2)23(32)22(30-3)25(26)37-28/h4-12,17,21-27,29-33H,13-16H2,1-3H3. The highest BCUT2D eigenvalue weighted by Crippen LogP contribution is 2.40. The smallest absolute Gasteiger partial charge is 0.234 e. The van der Waals surface area contributed by atoms with Crippen molar-refractivity contribution in [2.75, 3.05) is 27.2 Å². The molecule has 9 nitrogen and oxygen atoms in total. The third-order valence-corrected chi connectivity index (χ3v) is 7.65. The fourth-order valence-electron chi connectivity index (χ4n) is 5.64. The molecule has 2 aliphatic heterocycles. The summed E-state index contributed by atoms with van der Waals surface area (Å²) in [7, 11) is 3.47. The summed E-state index contributed by atoms with van der Waals surface area (Å²) in [6.07, 6.45) is -3.28. The van der Waals surface area contributed by atoms with Crippen LogP contribution in [-0.2, 0) is 31.9 Å². The number of ether oxygens (including phenoxy) is 4. The molecule has 2 heterocycles. The Hall–Kier alpha value is -1.92. The zero-order valence-electron chi connectivity index (χ0n) is 21.7. The van der Waals surface area contributed by atoms with E-state index in [4.69, 9.17) is 18.9 Å². The van der Waals surface area contributed by atoms with Gasteiger partial charge in [0.25, 0.3) is 0 Å². The van der Waals surface area contributed by atoms with Gasteiger partial charge in [-0.05, 0) is 44.1 Å². The molecule has 0 amide bonds. The van der Waals surface area contributed by atoms with Gasteiger partial charge in [-0.2, -0.15) is 0 Å². The second-order valence-corrected chi connectivity index (χ2v) is 10.3. The number of rotatable bonds is 8. The fraction of sp³-hybridized carbons (Fsp3) is 0.571. The lowest BCUT2D eigenvalue weighted by atomic mass is 9.80. The quantitative estimate of drug-likeness (QED) is 0.345. The monoisotopic (exact) mass is 513 g/mol. The molecule has 2 saturated heterocycles. The Balaban J connectivity index is 1.26. The Morgan fingerprint density at radius 1 is 0.838 bits per heavy atom. The van der Waals surface area contributed by atoms with E-state index in [9.17, 15) is 10.2 Å². The van der Waals surface area contributed by atoms with E-state index in [1.165, 1.54) is 11.1 Å². The molecule has 0 aromatic heterocycles. The fourth-order valence-corrected chi connectivity index (χ4v) is 5.64.